The highest BCUT2D eigenvalue weighted by Crippen LogP contribution is 2.24. The summed E-state index contributed by atoms with van der Waals surface area (Å²) >= 11 is 8.51. The number of benzene rings is 2. The van der Waals surface area contributed by atoms with E-state index in [1.54, 1.807) is 43.5 Å². The average Bonchev–Trinajstić information content (AvgIpc) is 2.37. The van der Waals surface area contributed by atoms with Crippen LogP contribution in [-0.4, -0.2) is 12.9 Å². The molecule has 92 valence electrons. The first kappa shape index (κ1) is 13.1. The van der Waals surface area contributed by atoms with Crippen molar-refractivity contribution in [3.8, 4) is 5.75 Å². The Bertz CT molecular complexity index is 594. The van der Waals surface area contributed by atoms with Crippen molar-refractivity contribution in [1.29, 1.82) is 0 Å². The number of methoxy groups -OCH3 is 1. The van der Waals surface area contributed by atoms with Gasteiger partial charge >= 0.3 is 0 Å². The predicted octanol–water partition coefficient (Wildman–Crippen LogP) is 3.50. The van der Waals surface area contributed by atoms with Crippen molar-refractivity contribution in [2.75, 3.05) is 7.11 Å². The molecule has 2 rings (SSSR count). The lowest BCUT2D eigenvalue weighted by Crippen LogP contribution is -2.01. The van der Waals surface area contributed by atoms with Crippen LogP contribution in [0.4, 0.5) is 0 Å². The van der Waals surface area contributed by atoms with Crippen molar-refractivity contribution in [3.05, 3.63) is 53.6 Å². The number of ether oxygens (including phenoxy) is 1. The van der Waals surface area contributed by atoms with Gasteiger partial charge in [-0.2, -0.15) is 0 Å². The van der Waals surface area contributed by atoms with Crippen LogP contribution >= 0.6 is 25.3 Å². The van der Waals surface area contributed by atoms with Gasteiger partial charge in [0.15, 0.2) is 5.78 Å². The van der Waals surface area contributed by atoms with E-state index < -0.39 is 0 Å². The molecule has 0 aliphatic rings. The van der Waals surface area contributed by atoms with E-state index in [4.69, 9.17) is 4.74 Å². The van der Waals surface area contributed by atoms with Gasteiger partial charge in [0.2, 0.25) is 0 Å². The third kappa shape index (κ3) is 2.71. The molecule has 0 aromatic heterocycles. The van der Waals surface area contributed by atoms with Gasteiger partial charge in [-0.15, -0.1) is 25.3 Å². The maximum atomic E-state index is 12.2. The number of carbonyl (C=O) groups excluding carboxylic acids is 1. The van der Waals surface area contributed by atoms with Crippen LogP contribution in [0, 0.1) is 0 Å². The number of hydrogen-bond acceptors (Lipinski definition) is 4. The summed E-state index contributed by atoms with van der Waals surface area (Å²) < 4.78 is 5.10. The standard InChI is InChI=1S/C14H12O2S2/c1-16-12-6-5-10(8-13(12)18)14(15)9-3-2-4-11(17)7-9/h2-8,17-18H,1H3. The fourth-order valence-corrected chi connectivity index (χ4v) is 2.18. The number of rotatable bonds is 3. The topological polar surface area (TPSA) is 26.3 Å². The van der Waals surface area contributed by atoms with Crippen molar-refractivity contribution >= 4 is 31.0 Å². The predicted molar refractivity (Wildman–Crippen MR) is 77.4 cm³/mol. The van der Waals surface area contributed by atoms with Crippen LogP contribution in [0.15, 0.2) is 52.3 Å². The van der Waals surface area contributed by atoms with Gasteiger partial charge in [-0.3, -0.25) is 4.79 Å². The zero-order valence-electron chi connectivity index (χ0n) is 9.75. The largest absolute Gasteiger partial charge is 0.496 e. The van der Waals surface area contributed by atoms with Crippen LogP contribution in [0.5, 0.6) is 5.75 Å². The molecular weight excluding hydrogens is 264 g/mol. The van der Waals surface area contributed by atoms with E-state index in [1.807, 2.05) is 6.07 Å². The van der Waals surface area contributed by atoms with Crippen molar-refractivity contribution in [1.82, 2.24) is 0 Å². The Balaban J connectivity index is 2.37. The zero-order chi connectivity index (χ0) is 13.1. The molecule has 18 heavy (non-hydrogen) atoms. The van der Waals surface area contributed by atoms with Crippen LogP contribution in [-0.2, 0) is 0 Å². The number of thiol groups is 2. The van der Waals surface area contributed by atoms with Gasteiger partial charge < -0.3 is 4.74 Å². The molecule has 0 heterocycles. The highest BCUT2D eigenvalue weighted by molar-refractivity contribution is 7.80. The van der Waals surface area contributed by atoms with E-state index in [9.17, 15) is 4.79 Å². The lowest BCUT2D eigenvalue weighted by atomic mass is 10.0. The molecule has 2 nitrogen and oxygen atoms in total. The van der Waals surface area contributed by atoms with Gasteiger partial charge in [0.25, 0.3) is 0 Å². The quantitative estimate of drug-likeness (QED) is 0.663. The first-order chi connectivity index (χ1) is 8.61. The van der Waals surface area contributed by atoms with Crippen LogP contribution in [0.2, 0.25) is 0 Å². The number of ketones is 1. The fourth-order valence-electron chi connectivity index (χ4n) is 1.65. The summed E-state index contributed by atoms with van der Waals surface area (Å²) in [5.74, 6) is 0.599. The van der Waals surface area contributed by atoms with Crippen molar-refractivity contribution < 1.29 is 9.53 Å². The van der Waals surface area contributed by atoms with Gasteiger partial charge in [-0.25, -0.2) is 0 Å². The molecule has 0 aliphatic carbocycles. The van der Waals surface area contributed by atoms with E-state index >= 15 is 0 Å². The molecule has 0 amide bonds. The summed E-state index contributed by atoms with van der Waals surface area (Å²) in [5, 5.41) is 0. The van der Waals surface area contributed by atoms with Crippen LogP contribution < -0.4 is 4.74 Å². The maximum Gasteiger partial charge on any atom is 0.193 e. The SMILES string of the molecule is COc1ccc(C(=O)c2cccc(S)c2)cc1S. The molecular formula is C14H12O2S2. The minimum absolute atomic E-state index is 0.0520. The van der Waals surface area contributed by atoms with Crippen molar-refractivity contribution in [2.24, 2.45) is 0 Å². The summed E-state index contributed by atoms with van der Waals surface area (Å²) in [5.41, 5.74) is 1.19. The van der Waals surface area contributed by atoms with Gasteiger partial charge in [0.05, 0.1) is 7.11 Å². The molecule has 0 fully saturated rings. The Morgan fingerprint density at radius 2 is 1.78 bits per heavy atom. The van der Waals surface area contributed by atoms with Crippen LogP contribution in [0.25, 0.3) is 0 Å². The third-order valence-corrected chi connectivity index (χ3v) is 3.18. The summed E-state index contributed by atoms with van der Waals surface area (Å²) in [6.45, 7) is 0. The summed E-state index contributed by atoms with van der Waals surface area (Å²) in [7, 11) is 1.57. The second-order valence-electron chi connectivity index (χ2n) is 3.77. The molecule has 0 unspecified atom stereocenters. The summed E-state index contributed by atoms with van der Waals surface area (Å²) in [6, 6.07) is 12.3. The van der Waals surface area contributed by atoms with Crippen molar-refractivity contribution in [2.45, 2.75) is 9.79 Å². The molecule has 0 bridgehead atoms. The van der Waals surface area contributed by atoms with E-state index in [-0.39, 0.29) is 5.78 Å². The maximum absolute atomic E-state index is 12.2. The molecule has 0 N–H and O–H groups in total. The van der Waals surface area contributed by atoms with E-state index in [1.165, 1.54) is 0 Å². The number of carbonyl (C=O) groups is 1. The second-order valence-corrected chi connectivity index (χ2v) is 4.76. The smallest absolute Gasteiger partial charge is 0.193 e. The Morgan fingerprint density at radius 3 is 2.39 bits per heavy atom. The Labute approximate surface area is 117 Å². The molecule has 0 saturated carbocycles. The monoisotopic (exact) mass is 276 g/mol. The van der Waals surface area contributed by atoms with Crippen molar-refractivity contribution in [3.63, 3.8) is 0 Å². The summed E-state index contributed by atoms with van der Waals surface area (Å²) in [4.78, 5) is 13.6. The molecule has 0 atom stereocenters. The Kier molecular flexibility index (Phi) is 3.99. The summed E-state index contributed by atoms with van der Waals surface area (Å²) in [6.07, 6.45) is 0. The molecule has 2 aromatic rings. The van der Waals surface area contributed by atoms with Gasteiger partial charge in [0, 0.05) is 20.9 Å². The Morgan fingerprint density at radius 1 is 1.06 bits per heavy atom. The first-order valence-corrected chi connectivity index (χ1v) is 6.22. The second kappa shape index (κ2) is 5.50. The fraction of sp³-hybridized carbons (Fsp3) is 0.0714. The van der Waals surface area contributed by atoms with E-state index in [0.29, 0.717) is 21.8 Å². The normalized spacial score (nSPS) is 10.2. The third-order valence-electron chi connectivity index (χ3n) is 2.55. The zero-order valence-corrected chi connectivity index (χ0v) is 11.5. The Hall–Kier alpha value is -1.39. The van der Waals surface area contributed by atoms with Gasteiger partial charge in [-0.05, 0) is 30.3 Å². The molecule has 0 aliphatic heterocycles. The molecule has 2 aromatic carbocycles. The van der Waals surface area contributed by atoms with Gasteiger partial charge in [-0.1, -0.05) is 12.1 Å². The van der Waals surface area contributed by atoms with E-state index in [0.717, 1.165) is 4.90 Å². The average molecular weight is 276 g/mol. The molecule has 0 spiro atoms. The highest BCUT2D eigenvalue weighted by Gasteiger charge is 2.11. The minimum atomic E-state index is -0.0520. The van der Waals surface area contributed by atoms with Gasteiger partial charge in [0.1, 0.15) is 5.75 Å². The van der Waals surface area contributed by atoms with Crippen LogP contribution in [0.1, 0.15) is 15.9 Å². The molecule has 0 radical (unpaired) electrons. The lowest BCUT2D eigenvalue weighted by molar-refractivity contribution is 0.103. The lowest BCUT2D eigenvalue weighted by Gasteiger charge is -2.06. The minimum Gasteiger partial charge on any atom is -0.496 e. The number of hydrogen-bond donors (Lipinski definition) is 2. The molecule has 4 heteroatoms. The first-order valence-electron chi connectivity index (χ1n) is 5.32. The molecule has 0 saturated heterocycles. The van der Waals surface area contributed by atoms with E-state index in [2.05, 4.69) is 25.3 Å². The van der Waals surface area contributed by atoms with Crippen LogP contribution in [0.3, 0.4) is 0 Å². The highest BCUT2D eigenvalue weighted by atomic mass is 32.1.